The highest BCUT2D eigenvalue weighted by atomic mass is 19.1. The normalized spacial score (nSPS) is 21.7. The lowest BCUT2D eigenvalue weighted by atomic mass is 10.1. The van der Waals surface area contributed by atoms with Crippen molar-refractivity contribution in [2.75, 3.05) is 32.8 Å². The minimum absolute atomic E-state index is 0.0162. The number of aromatic nitrogens is 1. The van der Waals surface area contributed by atoms with E-state index in [1.165, 1.54) is 0 Å². The highest BCUT2D eigenvalue weighted by Crippen LogP contribution is 2.18. The molecular formula is C19H26FN3O3. The molecule has 3 heterocycles. The number of ether oxygens (including phenoxy) is 1. The average Bonchev–Trinajstić information content (AvgIpc) is 2.68. The fraction of sp³-hybridized carbons (Fsp3) is 0.632. The second-order valence-corrected chi connectivity index (χ2v) is 6.94. The lowest BCUT2D eigenvalue weighted by Crippen LogP contribution is -2.51. The van der Waals surface area contributed by atoms with Gasteiger partial charge in [-0.05, 0) is 30.9 Å². The SMILES string of the molecule is O=C(C[C@H]1COCCN1C(=O)CCc1cccnc1)N1CCC(F)CC1. The molecule has 0 unspecified atom stereocenters. The number of hydrogen-bond donors (Lipinski definition) is 0. The Labute approximate surface area is 153 Å². The number of likely N-dealkylation sites (tertiary alicyclic amines) is 1. The predicted molar refractivity (Wildman–Crippen MR) is 94.2 cm³/mol. The highest BCUT2D eigenvalue weighted by Gasteiger charge is 2.31. The van der Waals surface area contributed by atoms with Crippen molar-refractivity contribution in [3.05, 3.63) is 30.1 Å². The highest BCUT2D eigenvalue weighted by molar-refractivity contribution is 5.80. The van der Waals surface area contributed by atoms with Gasteiger partial charge in [0.2, 0.25) is 11.8 Å². The lowest BCUT2D eigenvalue weighted by molar-refractivity contribution is -0.144. The molecule has 0 aliphatic carbocycles. The maximum Gasteiger partial charge on any atom is 0.224 e. The van der Waals surface area contributed by atoms with Crippen molar-refractivity contribution in [3.63, 3.8) is 0 Å². The van der Waals surface area contributed by atoms with E-state index in [-0.39, 0.29) is 24.3 Å². The first kappa shape index (κ1) is 18.8. The topological polar surface area (TPSA) is 62.7 Å². The van der Waals surface area contributed by atoms with Gasteiger partial charge in [0.25, 0.3) is 0 Å². The lowest BCUT2D eigenvalue weighted by Gasteiger charge is -2.37. The molecule has 0 radical (unpaired) electrons. The van der Waals surface area contributed by atoms with Gasteiger partial charge in [0.05, 0.1) is 19.3 Å². The van der Waals surface area contributed by atoms with Gasteiger partial charge in [-0.1, -0.05) is 6.07 Å². The molecule has 0 saturated carbocycles. The van der Waals surface area contributed by atoms with Crippen LogP contribution in [0.4, 0.5) is 4.39 Å². The van der Waals surface area contributed by atoms with Crippen molar-refractivity contribution in [1.29, 1.82) is 0 Å². The number of pyridine rings is 1. The number of carbonyl (C=O) groups excluding carboxylic acids is 2. The summed E-state index contributed by atoms with van der Waals surface area (Å²) in [5.41, 5.74) is 1.02. The molecule has 1 aromatic heterocycles. The quantitative estimate of drug-likeness (QED) is 0.797. The molecule has 0 bridgehead atoms. The minimum atomic E-state index is -0.803. The van der Waals surface area contributed by atoms with E-state index in [4.69, 9.17) is 4.74 Å². The Morgan fingerprint density at radius 3 is 2.77 bits per heavy atom. The zero-order valence-electron chi connectivity index (χ0n) is 15.0. The second-order valence-electron chi connectivity index (χ2n) is 6.94. The van der Waals surface area contributed by atoms with Crippen LogP contribution in [0.1, 0.15) is 31.2 Å². The summed E-state index contributed by atoms with van der Waals surface area (Å²) < 4.78 is 18.8. The molecule has 2 aliphatic heterocycles. The summed E-state index contributed by atoms with van der Waals surface area (Å²) in [5, 5.41) is 0. The molecule has 1 aromatic rings. The zero-order chi connectivity index (χ0) is 18.4. The van der Waals surface area contributed by atoms with Crippen LogP contribution in [0.15, 0.2) is 24.5 Å². The molecule has 0 spiro atoms. The number of amides is 2. The minimum Gasteiger partial charge on any atom is -0.377 e. The van der Waals surface area contributed by atoms with E-state index in [1.807, 2.05) is 12.1 Å². The van der Waals surface area contributed by atoms with Crippen LogP contribution in [-0.4, -0.2) is 71.7 Å². The van der Waals surface area contributed by atoms with Crippen LogP contribution in [-0.2, 0) is 20.7 Å². The van der Waals surface area contributed by atoms with E-state index in [1.54, 1.807) is 22.2 Å². The van der Waals surface area contributed by atoms with Gasteiger partial charge in [0.1, 0.15) is 6.17 Å². The van der Waals surface area contributed by atoms with Crippen LogP contribution in [0.2, 0.25) is 0 Å². The Balaban J connectivity index is 1.53. The van der Waals surface area contributed by atoms with Gasteiger partial charge in [0.15, 0.2) is 0 Å². The number of rotatable bonds is 5. The van der Waals surface area contributed by atoms with Gasteiger partial charge in [-0.15, -0.1) is 0 Å². The van der Waals surface area contributed by atoms with Crippen LogP contribution < -0.4 is 0 Å². The van der Waals surface area contributed by atoms with Crippen LogP contribution in [0, 0.1) is 0 Å². The van der Waals surface area contributed by atoms with Crippen molar-refractivity contribution in [3.8, 4) is 0 Å². The molecule has 7 heteroatoms. The van der Waals surface area contributed by atoms with Crippen LogP contribution in [0.25, 0.3) is 0 Å². The first-order chi connectivity index (χ1) is 12.6. The third kappa shape index (κ3) is 5.00. The van der Waals surface area contributed by atoms with Gasteiger partial charge in [-0.25, -0.2) is 4.39 Å². The summed E-state index contributed by atoms with van der Waals surface area (Å²) >= 11 is 0. The number of carbonyl (C=O) groups is 2. The number of aryl methyl sites for hydroxylation is 1. The van der Waals surface area contributed by atoms with Crippen molar-refractivity contribution in [2.24, 2.45) is 0 Å². The Bertz CT molecular complexity index is 605. The third-order valence-corrected chi connectivity index (χ3v) is 5.09. The molecule has 2 amide bonds. The molecule has 2 fully saturated rings. The number of nitrogens with zero attached hydrogens (tertiary/aromatic N) is 3. The summed E-state index contributed by atoms with van der Waals surface area (Å²) in [6.07, 6.45) is 4.75. The van der Waals surface area contributed by atoms with Gasteiger partial charge in [0, 0.05) is 44.9 Å². The Morgan fingerprint density at radius 1 is 1.23 bits per heavy atom. The molecule has 6 nitrogen and oxygen atoms in total. The molecular weight excluding hydrogens is 337 g/mol. The van der Waals surface area contributed by atoms with Crippen LogP contribution in [0.3, 0.4) is 0 Å². The monoisotopic (exact) mass is 363 g/mol. The summed E-state index contributed by atoms with van der Waals surface area (Å²) in [6.45, 7) is 2.31. The number of piperidine rings is 1. The van der Waals surface area contributed by atoms with E-state index in [0.29, 0.717) is 58.5 Å². The van der Waals surface area contributed by atoms with Gasteiger partial charge >= 0.3 is 0 Å². The van der Waals surface area contributed by atoms with Gasteiger partial charge in [-0.3, -0.25) is 14.6 Å². The largest absolute Gasteiger partial charge is 0.377 e. The Kier molecular flexibility index (Phi) is 6.55. The number of morpholine rings is 1. The van der Waals surface area contributed by atoms with Crippen molar-refractivity contribution in [2.45, 2.75) is 44.3 Å². The van der Waals surface area contributed by atoms with E-state index in [0.717, 1.165) is 5.56 Å². The smallest absolute Gasteiger partial charge is 0.224 e. The van der Waals surface area contributed by atoms with Gasteiger partial charge < -0.3 is 14.5 Å². The Morgan fingerprint density at radius 2 is 2.04 bits per heavy atom. The maximum atomic E-state index is 13.3. The van der Waals surface area contributed by atoms with E-state index < -0.39 is 6.17 Å². The summed E-state index contributed by atoms with van der Waals surface area (Å²) in [6, 6.07) is 3.58. The molecule has 0 aromatic carbocycles. The first-order valence-electron chi connectivity index (χ1n) is 9.31. The molecule has 2 aliphatic rings. The van der Waals surface area contributed by atoms with E-state index in [2.05, 4.69) is 4.98 Å². The predicted octanol–water partition coefficient (Wildman–Crippen LogP) is 1.59. The second kappa shape index (κ2) is 9.07. The molecule has 2 saturated heterocycles. The standard InChI is InChI=1S/C19H26FN3O3/c20-16-5-8-22(9-6-16)19(25)12-17-14-26-11-10-23(17)18(24)4-3-15-2-1-7-21-13-15/h1-2,7,13,16-17H,3-6,8-12,14H2/t17-/m0/s1. The van der Waals surface area contributed by atoms with Crippen molar-refractivity contribution < 1.29 is 18.7 Å². The molecule has 1 atom stereocenters. The first-order valence-corrected chi connectivity index (χ1v) is 9.31. The maximum absolute atomic E-state index is 13.3. The molecule has 142 valence electrons. The third-order valence-electron chi connectivity index (χ3n) is 5.09. The fourth-order valence-corrected chi connectivity index (χ4v) is 3.52. The summed E-state index contributed by atoms with van der Waals surface area (Å²) in [5.74, 6) is 0.0230. The summed E-state index contributed by atoms with van der Waals surface area (Å²) in [7, 11) is 0. The van der Waals surface area contributed by atoms with Crippen molar-refractivity contribution >= 4 is 11.8 Å². The van der Waals surface area contributed by atoms with Crippen LogP contribution in [0.5, 0.6) is 0 Å². The molecule has 26 heavy (non-hydrogen) atoms. The summed E-state index contributed by atoms with van der Waals surface area (Å²) in [4.78, 5) is 32.7. The van der Waals surface area contributed by atoms with E-state index in [9.17, 15) is 14.0 Å². The van der Waals surface area contributed by atoms with Crippen LogP contribution >= 0.6 is 0 Å². The number of halogens is 1. The van der Waals surface area contributed by atoms with Crippen molar-refractivity contribution in [1.82, 2.24) is 14.8 Å². The number of alkyl halides is 1. The molecule has 3 rings (SSSR count). The Hall–Kier alpha value is -2.02. The molecule has 0 N–H and O–H groups in total. The van der Waals surface area contributed by atoms with Gasteiger partial charge in [-0.2, -0.15) is 0 Å². The van der Waals surface area contributed by atoms with E-state index >= 15 is 0 Å². The zero-order valence-corrected chi connectivity index (χ0v) is 15.0. The average molecular weight is 363 g/mol. The number of hydrogen-bond acceptors (Lipinski definition) is 4. The fourth-order valence-electron chi connectivity index (χ4n) is 3.52.